The first kappa shape index (κ1) is 23.7. The van der Waals surface area contributed by atoms with E-state index >= 15 is 0 Å². The van der Waals surface area contributed by atoms with E-state index in [9.17, 15) is 14.4 Å². The van der Waals surface area contributed by atoms with E-state index in [1.807, 2.05) is 30.3 Å². The van der Waals surface area contributed by atoms with Crippen molar-refractivity contribution < 1.29 is 18.9 Å². The summed E-state index contributed by atoms with van der Waals surface area (Å²) in [5.74, 6) is 0.389. The molecule has 4 rings (SSSR count). The Morgan fingerprint density at radius 1 is 1.12 bits per heavy atom. The molecule has 0 aliphatic carbocycles. The number of hydrogen-bond donors (Lipinski definition) is 1. The SMILES string of the molecule is O=C(CCCc1nc(-c2ccc(Cl)cc2)no1)NCCN1C(=O)S/C(=C\c2ccccc2)C1=O. The Morgan fingerprint density at radius 2 is 1.88 bits per heavy atom. The maximum atomic E-state index is 12.5. The summed E-state index contributed by atoms with van der Waals surface area (Å²) in [7, 11) is 0. The highest BCUT2D eigenvalue weighted by atomic mass is 35.5. The largest absolute Gasteiger partial charge is 0.354 e. The van der Waals surface area contributed by atoms with Crippen molar-refractivity contribution in [1.82, 2.24) is 20.4 Å². The number of amides is 3. The van der Waals surface area contributed by atoms with Gasteiger partial charge < -0.3 is 9.84 Å². The number of nitrogens with one attached hydrogen (secondary N) is 1. The molecule has 0 spiro atoms. The molecule has 1 fully saturated rings. The van der Waals surface area contributed by atoms with Crippen molar-refractivity contribution in [2.75, 3.05) is 13.1 Å². The van der Waals surface area contributed by atoms with Crippen LogP contribution in [0.4, 0.5) is 4.79 Å². The van der Waals surface area contributed by atoms with Crippen LogP contribution in [0.1, 0.15) is 24.3 Å². The van der Waals surface area contributed by atoms with Crippen molar-refractivity contribution in [1.29, 1.82) is 0 Å². The highest BCUT2D eigenvalue weighted by Crippen LogP contribution is 2.31. The molecular weight excluding hydrogens is 476 g/mol. The maximum absolute atomic E-state index is 12.5. The minimum absolute atomic E-state index is 0.122. The zero-order valence-electron chi connectivity index (χ0n) is 18.1. The molecule has 3 amide bonds. The summed E-state index contributed by atoms with van der Waals surface area (Å²) in [4.78, 5) is 42.7. The third-order valence-corrected chi connectivity index (χ3v) is 6.15. The minimum Gasteiger partial charge on any atom is -0.354 e. The fourth-order valence-electron chi connectivity index (χ4n) is 3.26. The van der Waals surface area contributed by atoms with E-state index in [4.69, 9.17) is 16.1 Å². The number of halogens is 1. The molecule has 3 aromatic rings. The van der Waals surface area contributed by atoms with Gasteiger partial charge in [-0.05, 0) is 54.1 Å². The molecule has 1 aliphatic rings. The number of carbonyl (C=O) groups excluding carboxylic acids is 3. The molecule has 2 heterocycles. The Kier molecular flexibility index (Phi) is 7.76. The number of rotatable bonds is 9. The van der Waals surface area contributed by atoms with Gasteiger partial charge in [-0.2, -0.15) is 4.98 Å². The number of aryl methyl sites for hydroxylation is 1. The van der Waals surface area contributed by atoms with Gasteiger partial charge in [0.1, 0.15) is 0 Å². The Labute approximate surface area is 205 Å². The van der Waals surface area contributed by atoms with Gasteiger partial charge in [-0.3, -0.25) is 19.3 Å². The predicted octanol–water partition coefficient (Wildman–Crippen LogP) is 4.57. The van der Waals surface area contributed by atoms with E-state index in [0.29, 0.717) is 34.5 Å². The van der Waals surface area contributed by atoms with Gasteiger partial charge in [-0.15, -0.1) is 0 Å². The van der Waals surface area contributed by atoms with Gasteiger partial charge in [0.2, 0.25) is 17.6 Å². The van der Waals surface area contributed by atoms with Gasteiger partial charge in [0, 0.05) is 36.5 Å². The molecular formula is C24H21ClN4O4S. The molecule has 1 aromatic heterocycles. The molecule has 0 atom stereocenters. The van der Waals surface area contributed by atoms with Gasteiger partial charge >= 0.3 is 0 Å². The molecule has 1 aliphatic heterocycles. The van der Waals surface area contributed by atoms with Crippen molar-refractivity contribution in [3.8, 4) is 11.4 Å². The Balaban J connectivity index is 1.18. The molecule has 2 aromatic carbocycles. The van der Waals surface area contributed by atoms with Crippen LogP contribution in [-0.4, -0.2) is 45.2 Å². The van der Waals surface area contributed by atoms with Gasteiger partial charge in [0.05, 0.1) is 4.91 Å². The average molecular weight is 497 g/mol. The van der Waals surface area contributed by atoms with E-state index < -0.39 is 0 Å². The molecule has 0 bridgehead atoms. The number of aromatic nitrogens is 2. The molecule has 0 radical (unpaired) electrons. The van der Waals surface area contributed by atoms with E-state index in [1.165, 1.54) is 0 Å². The van der Waals surface area contributed by atoms with Gasteiger partial charge in [-0.1, -0.05) is 47.1 Å². The normalized spacial score (nSPS) is 14.7. The summed E-state index contributed by atoms with van der Waals surface area (Å²) in [5.41, 5.74) is 1.64. The predicted molar refractivity (Wildman–Crippen MR) is 130 cm³/mol. The lowest BCUT2D eigenvalue weighted by atomic mass is 10.2. The zero-order valence-corrected chi connectivity index (χ0v) is 19.6. The Morgan fingerprint density at radius 3 is 2.65 bits per heavy atom. The van der Waals surface area contributed by atoms with E-state index in [0.717, 1.165) is 27.8 Å². The lowest BCUT2D eigenvalue weighted by Gasteiger charge is -2.12. The van der Waals surface area contributed by atoms with Crippen LogP contribution in [0, 0.1) is 0 Å². The second-order valence-corrected chi connectivity index (χ2v) is 8.90. The van der Waals surface area contributed by atoms with E-state index in [2.05, 4.69) is 15.5 Å². The molecule has 174 valence electrons. The third-order valence-electron chi connectivity index (χ3n) is 4.99. The van der Waals surface area contributed by atoms with Crippen LogP contribution in [-0.2, 0) is 16.0 Å². The quantitative estimate of drug-likeness (QED) is 0.433. The topological polar surface area (TPSA) is 105 Å². The van der Waals surface area contributed by atoms with Crippen LogP contribution in [0.3, 0.4) is 0 Å². The first-order chi connectivity index (χ1) is 16.5. The summed E-state index contributed by atoms with van der Waals surface area (Å²) in [6, 6.07) is 16.4. The van der Waals surface area contributed by atoms with E-state index in [1.54, 1.807) is 30.3 Å². The number of benzene rings is 2. The first-order valence-electron chi connectivity index (χ1n) is 10.7. The first-order valence-corrected chi connectivity index (χ1v) is 11.8. The maximum Gasteiger partial charge on any atom is 0.293 e. The van der Waals surface area contributed by atoms with Crippen LogP contribution in [0.2, 0.25) is 5.02 Å². The monoisotopic (exact) mass is 496 g/mol. The highest BCUT2D eigenvalue weighted by molar-refractivity contribution is 8.18. The molecule has 8 nitrogen and oxygen atoms in total. The second-order valence-electron chi connectivity index (χ2n) is 7.47. The smallest absolute Gasteiger partial charge is 0.293 e. The fraction of sp³-hybridized carbons (Fsp3) is 0.208. The molecule has 1 saturated heterocycles. The number of nitrogens with zero attached hydrogens (tertiary/aromatic N) is 3. The highest BCUT2D eigenvalue weighted by Gasteiger charge is 2.34. The van der Waals surface area contributed by atoms with Gasteiger partial charge in [-0.25, -0.2) is 0 Å². The van der Waals surface area contributed by atoms with Gasteiger partial charge in [0.15, 0.2) is 0 Å². The van der Waals surface area contributed by atoms with Crippen molar-refractivity contribution in [2.45, 2.75) is 19.3 Å². The lowest BCUT2D eigenvalue weighted by molar-refractivity contribution is -0.124. The van der Waals surface area contributed by atoms with Crippen LogP contribution in [0.5, 0.6) is 0 Å². The summed E-state index contributed by atoms with van der Waals surface area (Å²) in [5, 5.41) is 6.98. The lowest BCUT2D eigenvalue weighted by Crippen LogP contribution is -2.37. The summed E-state index contributed by atoms with van der Waals surface area (Å²) in [6.07, 6.45) is 2.94. The number of carbonyl (C=O) groups is 3. The summed E-state index contributed by atoms with van der Waals surface area (Å²) in [6.45, 7) is 0.313. The molecule has 34 heavy (non-hydrogen) atoms. The summed E-state index contributed by atoms with van der Waals surface area (Å²) < 4.78 is 5.24. The second kappa shape index (κ2) is 11.1. The van der Waals surface area contributed by atoms with Crippen LogP contribution in [0.25, 0.3) is 17.5 Å². The minimum atomic E-state index is -0.346. The van der Waals surface area contributed by atoms with E-state index in [-0.39, 0.29) is 36.6 Å². The fourth-order valence-corrected chi connectivity index (χ4v) is 4.25. The van der Waals surface area contributed by atoms with Crippen LogP contribution >= 0.6 is 23.4 Å². The number of hydrogen-bond acceptors (Lipinski definition) is 7. The standard InChI is InChI=1S/C24H21ClN4O4S/c25-18-11-9-17(10-12-18)22-27-21(33-28-22)8-4-7-20(30)26-13-14-29-23(31)19(34-24(29)32)15-16-5-2-1-3-6-16/h1-3,5-6,9-12,15H,4,7-8,13-14H2,(H,26,30)/b19-15-. The Bertz CT molecular complexity index is 1210. The molecule has 0 saturated carbocycles. The number of thioether (sulfide) groups is 1. The zero-order chi connectivity index (χ0) is 23.9. The summed E-state index contributed by atoms with van der Waals surface area (Å²) >= 11 is 6.79. The molecule has 0 unspecified atom stereocenters. The number of imide groups is 1. The third kappa shape index (κ3) is 6.12. The molecule has 10 heteroatoms. The Hall–Kier alpha value is -3.43. The average Bonchev–Trinajstić information content (AvgIpc) is 3.40. The van der Waals surface area contributed by atoms with Crippen LogP contribution in [0.15, 0.2) is 64.0 Å². The van der Waals surface area contributed by atoms with Gasteiger partial charge in [0.25, 0.3) is 11.1 Å². The van der Waals surface area contributed by atoms with Crippen LogP contribution < -0.4 is 5.32 Å². The van der Waals surface area contributed by atoms with Crippen molar-refractivity contribution in [2.24, 2.45) is 0 Å². The van der Waals surface area contributed by atoms with Crippen molar-refractivity contribution >= 4 is 46.5 Å². The van der Waals surface area contributed by atoms with Crippen molar-refractivity contribution in [3.63, 3.8) is 0 Å². The van der Waals surface area contributed by atoms with Crippen molar-refractivity contribution in [3.05, 3.63) is 76.0 Å². The molecule has 1 N–H and O–H groups in total.